The number of nitrogens with two attached hydrogens (primary N) is 1. The van der Waals surface area contributed by atoms with Crippen LogP contribution in [0.1, 0.15) is 33.6 Å². The number of fused-ring (bicyclic) bond motifs is 1. The fraction of sp³-hybridized carbons (Fsp3) is 0.533. The summed E-state index contributed by atoms with van der Waals surface area (Å²) < 4.78 is 0. The molecular weight excluding hydrogens is 316 g/mol. The van der Waals surface area contributed by atoms with Gasteiger partial charge in [0.25, 0.3) is 5.91 Å². The SMILES string of the molecule is C[NH+](C)CCCNC(=O)C(=O)Nc1sc2c(c1C(N)=O)CCC2. The molecule has 8 heteroatoms. The number of aryl methyl sites for hydroxylation is 1. The molecule has 0 aromatic carbocycles. The molecule has 23 heavy (non-hydrogen) atoms. The van der Waals surface area contributed by atoms with Gasteiger partial charge in [0.05, 0.1) is 26.2 Å². The number of amides is 3. The van der Waals surface area contributed by atoms with Crippen LogP contribution in [-0.2, 0) is 22.4 Å². The number of hydrogen-bond donors (Lipinski definition) is 4. The molecule has 0 saturated carbocycles. The second kappa shape index (κ2) is 7.56. The quantitative estimate of drug-likeness (QED) is 0.391. The van der Waals surface area contributed by atoms with Crippen LogP contribution in [-0.4, -0.2) is 44.9 Å². The van der Waals surface area contributed by atoms with Gasteiger partial charge < -0.3 is 21.3 Å². The fourth-order valence-corrected chi connectivity index (χ4v) is 3.93. The number of carbonyl (C=O) groups excluding carboxylic acids is 3. The number of anilines is 1. The molecular formula is C15H23N4O3S+. The Morgan fingerprint density at radius 2 is 1.96 bits per heavy atom. The van der Waals surface area contributed by atoms with Crippen LogP contribution in [0, 0.1) is 0 Å². The molecule has 0 saturated heterocycles. The van der Waals surface area contributed by atoms with Crippen LogP contribution in [0.3, 0.4) is 0 Å². The topological polar surface area (TPSA) is 106 Å². The summed E-state index contributed by atoms with van der Waals surface area (Å²) in [5.74, 6) is -2.01. The van der Waals surface area contributed by atoms with Crippen LogP contribution in [0.2, 0.25) is 0 Å². The minimum absolute atomic E-state index is 0.361. The van der Waals surface area contributed by atoms with E-state index in [1.165, 1.54) is 16.2 Å². The number of carbonyl (C=O) groups is 3. The summed E-state index contributed by atoms with van der Waals surface area (Å²) in [5.41, 5.74) is 6.71. The third-order valence-corrected chi connectivity index (χ3v) is 4.95. The average molecular weight is 339 g/mol. The molecule has 1 aromatic rings. The van der Waals surface area contributed by atoms with E-state index >= 15 is 0 Å². The maximum absolute atomic E-state index is 12.0. The number of nitrogens with one attached hydrogen (secondary N) is 3. The molecule has 3 amide bonds. The number of rotatable bonds is 6. The van der Waals surface area contributed by atoms with E-state index < -0.39 is 17.7 Å². The second-order valence-electron chi connectivity index (χ2n) is 5.95. The van der Waals surface area contributed by atoms with Crippen LogP contribution >= 0.6 is 11.3 Å². The van der Waals surface area contributed by atoms with Crippen molar-refractivity contribution in [2.24, 2.45) is 5.73 Å². The standard InChI is InChI=1S/C15H22N4O3S/c1-19(2)8-4-7-17-13(21)14(22)18-15-11(12(16)20)9-5-3-6-10(9)23-15/h3-8H2,1-2H3,(H2,16,20)(H,17,21)(H,18,22)/p+1. The molecule has 0 aliphatic heterocycles. The largest absolute Gasteiger partial charge is 0.365 e. The summed E-state index contributed by atoms with van der Waals surface area (Å²) in [6.07, 6.45) is 3.46. The first-order valence-electron chi connectivity index (χ1n) is 7.72. The Morgan fingerprint density at radius 1 is 1.22 bits per heavy atom. The van der Waals surface area contributed by atoms with Crippen molar-refractivity contribution in [1.82, 2.24) is 5.32 Å². The van der Waals surface area contributed by atoms with Crippen molar-refractivity contribution in [2.75, 3.05) is 32.5 Å². The molecule has 1 heterocycles. The molecule has 0 radical (unpaired) electrons. The predicted molar refractivity (Wildman–Crippen MR) is 88.8 cm³/mol. The van der Waals surface area contributed by atoms with Gasteiger partial charge in [-0.3, -0.25) is 14.4 Å². The zero-order valence-electron chi connectivity index (χ0n) is 13.5. The molecule has 1 aromatic heterocycles. The van der Waals surface area contributed by atoms with Gasteiger partial charge in [-0.1, -0.05) is 0 Å². The molecule has 7 nitrogen and oxygen atoms in total. The number of primary amides is 1. The van der Waals surface area contributed by atoms with E-state index in [1.54, 1.807) is 0 Å². The highest BCUT2D eigenvalue weighted by Crippen LogP contribution is 2.38. The van der Waals surface area contributed by atoms with Crippen LogP contribution < -0.4 is 21.3 Å². The average Bonchev–Trinajstić information content (AvgIpc) is 3.02. The maximum Gasteiger partial charge on any atom is 0.314 e. The van der Waals surface area contributed by atoms with Crippen molar-refractivity contribution < 1.29 is 19.3 Å². The van der Waals surface area contributed by atoms with E-state index in [1.807, 2.05) is 14.1 Å². The van der Waals surface area contributed by atoms with Crippen LogP contribution in [0.5, 0.6) is 0 Å². The van der Waals surface area contributed by atoms with E-state index in [0.29, 0.717) is 17.1 Å². The van der Waals surface area contributed by atoms with E-state index in [2.05, 4.69) is 10.6 Å². The van der Waals surface area contributed by atoms with Crippen molar-refractivity contribution in [3.8, 4) is 0 Å². The van der Waals surface area contributed by atoms with Gasteiger partial charge in [0.2, 0.25) is 0 Å². The molecule has 0 atom stereocenters. The van der Waals surface area contributed by atoms with Crippen molar-refractivity contribution in [1.29, 1.82) is 0 Å². The lowest BCUT2D eigenvalue weighted by Gasteiger charge is -2.08. The smallest absolute Gasteiger partial charge is 0.314 e. The van der Waals surface area contributed by atoms with Gasteiger partial charge in [-0.2, -0.15) is 0 Å². The Bertz CT molecular complexity index is 624. The number of thiophene rings is 1. The van der Waals surface area contributed by atoms with Crippen molar-refractivity contribution in [3.05, 3.63) is 16.0 Å². The first-order chi connectivity index (χ1) is 10.9. The Morgan fingerprint density at radius 3 is 2.61 bits per heavy atom. The molecule has 0 bridgehead atoms. The number of quaternary nitrogens is 1. The monoisotopic (exact) mass is 339 g/mol. The maximum atomic E-state index is 12.0. The van der Waals surface area contributed by atoms with Crippen molar-refractivity contribution in [2.45, 2.75) is 25.7 Å². The van der Waals surface area contributed by atoms with E-state index in [9.17, 15) is 14.4 Å². The van der Waals surface area contributed by atoms with Gasteiger partial charge in [0.15, 0.2) is 0 Å². The van der Waals surface area contributed by atoms with E-state index in [-0.39, 0.29) is 0 Å². The van der Waals surface area contributed by atoms with Gasteiger partial charge in [-0.05, 0) is 24.8 Å². The highest BCUT2D eigenvalue weighted by atomic mass is 32.1. The third kappa shape index (κ3) is 4.29. The van der Waals surface area contributed by atoms with Crippen LogP contribution in [0.4, 0.5) is 5.00 Å². The molecule has 5 N–H and O–H groups in total. The Balaban J connectivity index is 1.95. The van der Waals surface area contributed by atoms with Gasteiger partial charge in [-0.25, -0.2) is 0 Å². The highest BCUT2D eigenvalue weighted by Gasteiger charge is 2.27. The summed E-state index contributed by atoms with van der Waals surface area (Å²) in [7, 11) is 4.05. The van der Waals surface area contributed by atoms with Crippen LogP contribution in [0.15, 0.2) is 0 Å². The molecule has 1 aliphatic carbocycles. The summed E-state index contributed by atoms with van der Waals surface area (Å²) in [6, 6.07) is 0. The summed E-state index contributed by atoms with van der Waals surface area (Å²) in [5, 5.41) is 5.50. The fourth-order valence-electron chi connectivity index (χ4n) is 2.64. The first kappa shape index (κ1) is 17.4. The summed E-state index contributed by atoms with van der Waals surface area (Å²) >= 11 is 1.34. The summed E-state index contributed by atoms with van der Waals surface area (Å²) in [4.78, 5) is 37.8. The lowest BCUT2D eigenvalue weighted by Crippen LogP contribution is -3.05. The molecule has 0 spiro atoms. The number of hydrogen-bond acceptors (Lipinski definition) is 4. The van der Waals surface area contributed by atoms with E-state index in [0.717, 1.165) is 42.7 Å². The summed E-state index contributed by atoms with van der Waals surface area (Å²) in [6.45, 7) is 1.35. The molecule has 2 rings (SSSR count). The molecule has 1 aliphatic rings. The Kier molecular flexibility index (Phi) is 5.73. The highest BCUT2D eigenvalue weighted by molar-refractivity contribution is 7.17. The second-order valence-corrected chi connectivity index (χ2v) is 7.05. The van der Waals surface area contributed by atoms with Crippen LogP contribution in [0.25, 0.3) is 0 Å². The van der Waals surface area contributed by atoms with Gasteiger partial charge >= 0.3 is 11.8 Å². The molecule has 0 unspecified atom stereocenters. The minimum atomic E-state index is -0.760. The minimum Gasteiger partial charge on any atom is -0.365 e. The van der Waals surface area contributed by atoms with Gasteiger partial charge in [-0.15, -0.1) is 11.3 Å². The Labute approximate surface area is 139 Å². The third-order valence-electron chi connectivity index (χ3n) is 3.74. The van der Waals surface area contributed by atoms with Gasteiger partial charge in [0, 0.05) is 17.8 Å². The molecule has 0 fully saturated rings. The zero-order valence-corrected chi connectivity index (χ0v) is 14.3. The van der Waals surface area contributed by atoms with Crippen molar-refractivity contribution in [3.63, 3.8) is 0 Å². The predicted octanol–water partition coefficient (Wildman–Crippen LogP) is -1.07. The lowest BCUT2D eigenvalue weighted by molar-refractivity contribution is -0.858. The zero-order chi connectivity index (χ0) is 17.0. The molecule has 126 valence electrons. The lowest BCUT2D eigenvalue weighted by atomic mass is 10.1. The normalized spacial score (nSPS) is 13.0. The van der Waals surface area contributed by atoms with Crippen molar-refractivity contribution >= 4 is 34.1 Å². The van der Waals surface area contributed by atoms with E-state index in [4.69, 9.17) is 5.73 Å². The Hall–Kier alpha value is -1.93. The first-order valence-corrected chi connectivity index (χ1v) is 8.54. The van der Waals surface area contributed by atoms with Gasteiger partial charge in [0.1, 0.15) is 5.00 Å².